The number of hydrogen-bond donors (Lipinski definition) is 0. The second kappa shape index (κ2) is 14.4. The van der Waals surface area contributed by atoms with Crippen molar-refractivity contribution in [2.75, 3.05) is 6.61 Å². The lowest BCUT2D eigenvalue weighted by atomic mass is 9.98. The van der Waals surface area contributed by atoms with Crippen LogP contribution >= 0.6 is 0 Å². The van der Waals surface area contributed by atoms with Crippen molar-refractivity contribution < 1.29 is 57.1 Å². The van der Waals surface area contributed by atoms with Gasteiger partial charge < -0.3 is 33.2 Å². The summed E-state index contributed by atoms with van der Waals surface area (Å²) in [6.07, 6.45) is -5.47. The van der Waals surface area contributed by atoms with Crippen LogP contribution in [0.15, 0.2) is 24.3 Å². The highest BCUT2D eigenvalue weighted by Gasteiger charge is 2.53. The molecule has 210 valence electrons. The van der Waals surface area contributed by atoms with E-state index in [2.05, 4.69) is 0 Å². The number of carbonyl (C=O) groups excluding carboxylic acids is 5. The van der Waals surface area contributed by atoms with Gasteiger partial charge in [-0.3, -0.25) is 24.0 Å². The molecular formula is C26H34O12. The third-order valence-corrected chi connectivity index (χ3v) is 5.34. The highest BCUT2D eigenvalue weighted by molar-refractivity contribution is 5.69. The van der Waals surface area contributed by atoms with E-state index in [9.17, 15) is 24.0 Å². The molecule has 0 aliphatic carbocycles. The zero-order valence-electron chi connectivity index (χ0n) is 22.3. The van der Waals surface area contributed by atoms with E-state index in [0.29, 0.717) is 18.6 Å². The molecule has 0 radical (unpaired) electrons. The average Bonchev–Trinajstić information content (AvgIpc) is 2.80. The van der Waals surface area contributed by atoms with Crippen molar-refractivity contribution in [2.24, 2.45) is 0 Å². The molecule has 0 bridgehead atoms. The lowest BCUT2D eigenvalue weighted by Crippen LogP contribution is -2.63. The third-order valence-electron chi connectivity index (χ3n) is 5.34. The quantitative estimate of drug-likeness (QED) is 0.230. The average molecular weight is 539 g/mol. The summed E-state index contributed by atoms with van der Waals surface area (Å²) in [6, 6.07) is 7.00. The summed E-state index contributed by atoms with van der Waals surface area (Å²) in [4.78, 5) is 58.2. The maximum absolute atomic E-state index is 11.9. The topological polar surface area (TPSA) is 150 Å². The Morgan fingerprint density at radius 2 is 1.32 bits per heavy atom. The van der Waals surface area contributed by atoms with Gasteiger partial charge in [-0.05, 0) is 37.5 Å². The summed E-state index contributed by atoms with van der Waals surface area (Å²) in [5.41, 5.74) is 0.956. The summed E-state index contributed by atoms with van der Waals surface area (Å²) < 4.78 is 38.3. The maximum atomic E-state index is 11.9. The van der Waals surface area contributed by atoms with Gasteiger partial charge in [-0.15, -0.1) is 0 Å². The van der Waals surface area contributed by atoms with Crippen LogP contribution in [-0.4, -0.2) is 73.3 Å². The predicted octanol–water partition coefficient (Wildman–Crippen LogP) is 2.03. The molecule has 1 aromatic rings. The van der Waals surface area contributed by atoms with Gasteiger partial charge in [-0.25, -0.2) is 0 Å². The number of carbonyl (C=O) groups is 5. The SMILES string of the molecule is CC(=O)OC[C@H]1O[C@@H](O[C@H](C)CCc2ccc(OC(C)=O)cc2)[C@H](OC(C)=O)[C@@H](OC(C)=O)[C@@H]1OC(C)=O. The minimum Gasteiger partial charge on any atom is -0.463 e. The molecule has 1 aliphatic rings. The summed E-state index contributed by atoms with van der Waals surface area (Å²) in [5.74, 6) is -2.72. The van der Waals surface area contributed by atoms with Gasteiger partial charge in [0.1, 0.15) is 18.5 Å². The van der Waals surface area contributed by atoms with Gasteiger partial charge in [0, 0.05) is 34.6 Å². The summed E-state index contributed by atoms with van der Waals surface area (Å²) in [5, 5.41) is 0. The molecular weight excluding hydrogens is 504 g/mol. The molecule has 12 heteroatoms. The molecule has 1 saturated heterocycles. The van der Waals surface area contributed by atoms with Gasteiger partial charge in [0.15, 0.2) is 24.6 Å². The van der Waals surface area contributed by atoms with E-state index in [-0.39, 0.29) is 6.61 Å². The van der Waals surface area contributed by atoms with Crippen molar-refractivity contribution in [1.82, 2.24) is 0 Å². The molecule has 1 aliphatic heterocycles. The van der Waals surface area contributed by atoms with Gasteiger partial charge in [-0.2, -0.15) is 0 Å². The van der Waals surface area contributed by atoms with Gasteiger partial charge in [0.2, 0.25) is 0 Å². The number of rotatable bonds is 11. The van der Waals surface area contributed by atoms with Crippen LogP contribution in [-0.2, 0) is 58.8 Å². The van der Waals surface area contributed by atoms with Crippen LogP contribution in [0.2, 0.25) is 0 Å². The molecule has 2 rings (SSSR count). The van der Waals surface area contributed by atoms with E-state index in [0.717, 1.165) is 26.3 Å². The molecule has 0 spiro atoms. The molecule has 0 aromatic heterocycles. The standard InChI is InChI=1S/C26H34O12/c1-14(7-8-20-9-11-21(12-10-20)34-16(3)28)33-26-25(37-19(6)31)24(36-18(5)30)23(35-17(4)29)22(38-26)13-32-15(2)27/h9-12,14,22-26H,7-8,13H2,1-6H3/t14-,22-,23-,24+,25-,26-/m1/s1. The second-order valence-electron chi connectivity index (χ2n) is 8.79. The predicted molar refractivity (Wildman–Crippen MR) is 129 cm³/mol. The van der Waals surface area contributed by atoms with Gasteiger partial charge in [-0.1, -0.05) is 12.1 Å². The van der Waals surface area contributed by atoms with Crippen LogP contribution in [0.1, 0.15) is 53.5 Å². The Morgan fingerprint density at radius 3 is 1.84 bits per heavy atom. The van der Waals surface area contributed by atoms with Gasteiger partial charge in [0.05, 0.1) is 6.10 Å². The van der Waals surface area contributed by atoms with Crippen LogP contribution in [0, 0.1) is 0 Å². The van der Waals surface area contributed by atoms with E-state index in [1.54, 1.807) is 19.1 Å². The van der Waals surface area contributed by atoms with Crippen molar-refractivity contribution in [3.8, 4) is 5.75 Å². The smallest absolute Gasteiger partial charge is 0.308 e. The Kier molecular flexibility index (Phi) is 11.7. The first-order valence-electron chi connectivity index (χ1n) is 12.1. The van der Waals surface area contributed by atoms with E-state index in [1.165, 1.54) is 13.8 Å². The molecule has 6 atom stereocenters. The highest BCUT2D eigenvalue weighted by Crippen LogP contribution is 2.31. The monoisotopic (exact) mass is 538 g/mol. The molecule has 0 N–H and O–H groups in total. The van der Waals surface area contributed by atoms with Crippen LogP contribution in [0.4, 0.5) is 0 Å². The second-order valence-corrected chi connectivity index (χ2v) is 8.79. The van der Waals surface area contributed by atoms with Crippen molar-refractivity contribution in [1.29, 1.82) is 0 Å². The minimum absolute atomic E-state index is 0.333. The maximum Gasteiger partial charge on any atom is 0.308 e. The zero-order chi connectivity index (χ0) is 28.4. The Balaban J connectivity index is 2.22. The summed E-state index contributed by atoms with van der Waals surface area (Å²) in [6.45, 7) is 7.43. The highest BCUT2D eigenvalue weighted by atomic mass is 16.7. The lowest BCUT2D eigenvalue weighted by Gasteiger charge is -2.44. The Bertz CT molecular complexity index is 988. The Morgan fingerprint density at radius 1 is 0.763 bits per heavy atom. The summed E-state index contributed by atoms with van der Waals surface area (Å²) in [7, 11) is 0. The molecule has 12 nitrogen and oxygen atoms in total. The lowest BCUT2D eigenvalue weighted by molar-refractivity contribution is -0.316. The largest absolute Gasteiger partial charge is 0.463 e. The Labute approximate surface area is 220 Å². The van der Waals surface area contributed by atoms with Crippen LogP contribution in [0.3, 0.4) is 0 Å². The first-order chi connectivity index (χ1) is 17.8. The number of benzene rings is 1. The van der Waals surface area contributed by atoms with E-state index < -0.39 is 66.7 Å². The molecule has 38 heavy (non-hydrogen) atoms. The summed E-state index contributed by atoms with van der Waals surface area (Å²) >= 11 is 0. The number of ether oxygens (including phenoxy) is 7. The van der Waals surface area contributed by atoms with Crippen LogP contribution < -0.4 is 4.74 Å². The molecule has 0 saturated carbocycles. The molecule has 0 unspecified atom stereocenters. The molecule has 0 amide bonds. The van der Waals surface area contributed by atoms with Crippen molar-refractivity contribution in [2.45, 2.75) is 91.2 Å². The number of esters is 5. The van der Waals surface area contributed by atoms with Crippen molar-refractivity contribution in [3.63, 3.8) is 0 Å². The minimum atomic E-state index is -1.29. The normalized spacial score (nSPS) is 23.5. The van der Waals surface area contributed by atoms with E-state index in [4.69, 9.17) is 33.2 Å². The fourth-order valence-electron chi connectivity index (χ4n) is 3.86. The molecule has 1 heterocycles. The van der Waals surface area contributed by atoms with E-state index >= 15 is 0 Å². The van der Waals surface area contributed by atoms with Crippen molar-refractivity contribution >= 4 is 29.8 Å². The number of hydrogen-bond acceptors (Lipinski definition) is 12. The van der Waals surface area contributed by atoms with E-state index in [1.807, 2.05) is 12.1 Å². The first kappa shape index (κ1) is 30.7. The fraction of sp³-hybridized carbons (Fsp3) is 0.577. The van der Waals surface area contributed by atoms with Crippen LogP contribution in [0.25, 0.3) is 0 Å². The fourth-order valence-corrected chi connectivity index (χ4v) is 3.86. The third kappa shape index (κ3) is 10.1. The first-order valence-corrected chi connectivity index (χ1v) is 12.1. The van der Waals surface area contributed by atoms with Crippen LogP contribution in [0.5, 0.6) is 5.75 Å². The number of aryl methyl sites for hydroxylation is 1. The van der Waals surface area contributed by atoms with Gasteiger partial charge in [0.25, 0.3) is 0 Å². The van der Waals surface area contributed by atoms with Gasteiger partial charge >= 0.3 is 29.8 Å². The zero-order valence-corrected chi connectivity index (χ0v) is 22.3. The molecule has 1 aromatic carbocycles. The van der Waals surface area contributed by atoms with Crippen molar-refractivity contribution in [3.05, 3.63) is 29.8 Å². The Hall–Kier alpha value is -3.51. The molecule has 1 fully saturated rings.